The first kappa shape index (κ1) is 15.0. The number of hydrogen-bond donors (Lipinski definition) is 1. The van der Waals surface area contributed by atoms with Crippen LogP contribution in [-0.4, -0.2) is 32.9 Å². The van der Waals surface area contributed by atoms with E-state index in [1.807, 2.05) is 18.2 Å². The van der Waals surface area contributed by atoms with Crippen molar-refractivity contribution < 1.29 is 9.47 Å². The first-order chi connectivity index (χ1) is 8.81. The molecule has 102 valence electrons. The Bertz CT molecular complexity index is 328. The van der Waals surface area contributed by atoms with E-state index in [1.165, 1.54) is 5.56 Å². The van der Waals surface area contributed by atoms with Crippen LogP contribution in [0.5, 0.6) is 5.75 Å². The number of para-hydroxylation sites is 1. The molecule has 0 heterocycles. The summed E-state index contributed by atoms with van der Waals surface area (Å²) < 4.78 is 11.3. The molecule has 1 atom stereocenters. The summed E-state index contributed by atoms with van der Waals surface area (Å²) in [6.45, 7) is 6.74. The van der Waals surface area contributed by atoms with Gasteiger partial charge in [0.05, 0.1) is 6.61 Å². The molecule has 3 nitrogen and oxygen atoms in total. The lowest BCUT2D eigenvalue weighted by Crippen LogP contribution is -2.35. The van der Waals surface area contributed by atoms with Crippen LogP contribution in [0, 0.1) is 0 Å². The van der Waals surface area contributed by atoms with Gasteiger partial charge in [-0.1, -0.05) is 32.0 Å². The highest BCUT2D eigenvalue weighted by Gasteiger charge is 2.11. The largest absolute Gasteiger partial charge is 0.486 e. The summed E-state index contributed by atoms with van der Waals surface area (Å²) >= 11 is 0. The first-order valence-corrected chi connectivity index (χ1v) is 6.76. The number of methoxy groups -OCH3 is 1. The smallest absolute Gasteiger partial charge is 0.134 e. The topological polar surface area (TPSA) is 30.5 Å². The van der Waals surface area contributed by atoms with E-state index in [9.17, 15) is 0 Å². The van der Waals surface area contributed by atoms with Crippen LogP contribution in [0.2, 0.25) is 0 Å². The van der Waals surface area contributed by atoms with Gasteiger partial charge in [-0.05, 0) is 31.0 Å². The van der Waals surface area contributed by atoms with Crippen LogP contribution in [-0.2, 0) is 11.2 Å². The lowest BCUT2D eigenvalue weighted by molar-refractivity contribution is 0.0801. The molecule has 1 aromatic rings. The highest BCUT2D eigenvalue weighted by Crippen LogP contribution is 2.19. The molecule has 0 aliphatic rings. The Morgan fingerprint density at radius 2 is 2.00 bits per heavy atom. The Morgan fingerprint density at radius 3 is 2.67 bits per heavy atom. The van der Waals surface area contributed by atoms with Crippen molar-refractivity contribution in [3.05, 3.63) is 29.8 Å². The van der Waals surface area contributed by atoms with E-state index in [0.717, 1.165) is 31.7 Å². The Hall–Kier alpha value is -1.06. The van der Waals surface area contributed by atoms with Crippen molar-refractivity contribution >= 4 is 0 Å². The predicted molar refractivity (Wildman–Crippen MR) is 75.3 cm³/mol. The van der Waals surface area contributed by atoms with Gasteiger partial charge in [0.25, 0.3) is 0 Å². The molecule has 0 saturated heterocycles. The molecule has 1 unspecified atom stereocenters. The van der Waals surface area contributed by atoms with E-state index in [0.29, 0.717) is 6.61 Å². The lowest BCUT2D eigenvalue weighted by atomic mass is 10.1. The average molecular weight is 251 g/mol. The molecule has 1 N–H and O–H groups in total. The number of nitrogens with one attached hydrogen (secondary N) is 1. The van der Waals surface area contributed by atoms with Gasteiger partial charge in [0, 0.05) is 13.7 Å². The average Bonchev–Trinajstić information content (AvgIpc) is 2.40. The van der Waals surface area contributed by atoms with Crippen molar-refractivity contribution in [2.75, 3.05) is 26.8 Å². The van der Waals surface area contributed by atoms with Crippen molar-refractivity contribution in [3.8, 4) is 5.75 Å². The fourth-order valence-electron chi connectivity index (χ4n) is 1.85. The molecule has 1 aromatic carbocycles. The molecule has 0 aliphatic heterocycles. The van der Waals surface area contributed by atoms with Gasteiger partial charge < -0.3 is 14.8 Å². The quantitative estimate of drug-likeness (QED) is 0.684. The third-order valence-electron chi connectivity index (χ3n) is 2.80. The Kier molecular flexibility index (Phi) is 7.46. The van der Waals surface area contributed by atoms with E-state index < -0.39 is 0 Å². The van der Waals surface area contributed by atoms with E-state index >= 15 is 0 Å². The van der Waals surface area contributed by atoms with Gasteiger partial charge in [-0.15, -0.1) is 0 Å². The van der Waals surface area contributed by atoms with Crippen molar-refractivity contribution in [2.24, 2.45) is 0 Å². The SMILES string of the molecule is CCCNCC(COC)Oc1ccccc1CC. The Balaban J connectivity index is 2.58. The van der Waals surface area contributed by atoms with Crippen LogP contribution in [0.15, 0.2) is 24.3 Å². The Morgan fingerprint density at radius 1 is 1.22 bits per heavy atom. The Labute approximate surface area is 110 Å². The highest BCUT2D eigenvalue weighted by molar-refractivity contribution is 5.33. The maximum Gasteiger partial charge on any atom is 0.134 e. The first-order valence-electron chi connectivity index (χ1n) is 6.76. The second-order valence-electron chi connectivity index (χ2n) is 4.36. The van der Waals surface area contributed by atoms with Crippen molar-refractivity contribution in [3.63, 3.8) is 0 Å². The summed E-state index contributed by atoms with van der Waals surface area (Å²) in [5, 5.41) is 3.37. The maximum atomic E-state index is 6.04. The summed E-state index contributed by atoms with van der Waals surface area (Å²) in [4.78, 5) is 0. The normalized spacial score (nSPS) is 12.4. The monoisotopic (exact) mass is 251 g/mol. The molecule has 18 heavy (non-hydrogen) atoms. The molecule has 0 amide bonds. The van der Waals surface area contributed by atoms with Crippen LogP contribution < -0.4 is 10.1 Å². The molecule has 1 rings (SSSR count). The fraction of sp³-hybridized carbons (Fsp3) is 0.600. The number of ether oxygens (including phenoxy) is 2. The summed E-state index contributed by atoms with van der Waals surface area (Å²) in [6.07, 6.45) is 2.18. The van der Waals surface area contributed by atoms with E-state index in [4.69, 9.17) is 9.47 Å². The maximum absolute atomic E-state index is 6.04. The zero-order valence-electron chi connectivity index (χ0n) is 11.7. The number of hydrogen-bond acceptors (Lipinski definition) is 3. The summed E-state index contributed by atoms with van der Waals surface area (Å²) in [6, 6.07) is 8.20. The van der Waals surface area contributed by atoms with Gasteiger partial charge in [-0.25, -0.2) is 0 Å². The van der Waals surface area contributed by atoms with Crippen LogP contribution >= 0.6 is 0 Å². The van der Waals surface area contributed by atoms with Crippen molar-refractivity contribution in [2.45, 2.75) is 32.8 Å². The third-order valence-corrected chi connectivity index (χ3v) is 2.80. The van der Waals surface area contributed by atoms with E-state index in [2.05, 4.69) is 25.2 Å². The molecule has 3 heteroatoms. The van der Waals surface area contributed by atoms with Crippen LogP contribution in [0.25, 0.3) is 0 Å². The van der Waals surface area contributed by atoms with Crippen LogP contribution in [0.4, 0.5) is 0 Å². The lowest BCUT2D eigenvalue weighted by Gasteiger charge is -2.20. The van der Waals surface area contributed by atoms with Gasteiger partial charge in [-0.2, -0.15) is 0 Å². The van der Waals surface area contributed by atoms with Gasteiger partial charge in [0.2, 0.25) is 0 Å². The zero-order chi connectivity index (χ0) is 13.2. The van der Waals surface area contributed by atoms with E-state index in [-0.39, 0.29) is 6.10 Å². The highest BCUT2D eigenvalue weighted by atomic mass is 16.5. The fourth-order valence-corrected chi connectivity index (χ4v) is 1.85. The van der Waals surface area contributed by atoms with Gasteiger partial charge in [0.15, 0.2) is 0 Å². The van der Waals surface area contributed by atoms with Gasteiger partial charge in [0.1, 0.15) is 11.9 Å². The molecular weight excluding hydrogens is 226 g/mol. The van der Waals surface area contributed by atoms with Gasteiger partial charge >= 0.3 is 0 Å². The van der Waals surface area contributed by atoms with Crippen LogP contribution in [0.1, 0.15) is 25.8 Å². The second-order valence-corrected chi connectivity index (χ2v) is 4.36. The van der Waals surface area contributed by atoms with E-state index in [1.54, 1.807) is 7.11 Å². The molecule has 0 radical (unpaired) electrons. The summed E-state index contributed by atoms with van der Waals surface area (Å²) in [5.74, 6) is 0.973. The molecule has 0 aliphatic carbocycles. The zero-order valence-corrected chi connectivity index (χ0v) is 11.7. The number of benzene rings is 1. The molecule has 0 saturated carbocycles. The summed E-state index contributed by atoms with van der Waals surface area (Å²) in [7, 11) is 1.71. The minimum absolute atomic E-state index is 0.0641. The standard InChI is InChI=1S/C15H25NO2/c1-4-10-16-11-14(12-17-3)18-15-9-7-6-8-13(15)5-2/h6-9,14,16H,4-5,10-12H2,1-3H3. The number of aryl methyl sites for hydroxylation is 1. The predicted octanol–water partition coefficient (Wildman–Crippen LogP) is 2.64. The minimum Gasteiger partial charge on any atom is -0.486 e. The molecule has 0 aromatic heterocycles. The number of rotatable bonds is 9. The third kappa shape index (κ3) is 5.07. The second kappa shape index (κ2) is 8.95. The van der Waals surface area contributed by atoms with Crippen molar-refractivity contribution in [1.29, 1.82) is 0 Å². The molecular formula is C15H25NO2. The molecule has 0 spiro atoms. The van der Waals surface area contributed by atoms with Crippen LogP contribution in [0.3, 0.4) is 0 Å². The molecule has 0 bridgehead atoms. The van der Waals surface area contributed by atoms with Gasteiger partial charge in [-0.3, -0.25) is 0 Å². The van der Waals surface area contributed by atoms with Crippen molar-refractivity contribution in [1.82, 2.24) is 5.32 Å². The summed E-state index contributed by atoms with van der Waals surface area (Å²) in [5.41, 5.74) is 1.24. The molecule has 0 fully saturated rings. The minimum atomic E-state index is 0.0641.